The van der Waals surface area contributed by atoms with Crippen LogP contribution >= 0.6 is 0 Å². The summed E-state index contributed by atoms with van der Waals surface area (Å²) in [6.07, 6.45) is -0.925. The van der Waals surface area contributed by atoms with E-state index in [-0.39, 0.29) is 6.42 Å². The predicted molar refractivity (Wildman–Crippen MR) is 78.6 cm³/mol. The highest BCUT2D eigenvalue weighted by Crippen LogP contribution is 2.12. The van der Waals surface area contributed by atoms with Crippen molar-refractivity contribution >= 4 is 23.6 Å². The summed E-state index contributed by atoms with van der Waals surface area (Å²) in [5.74, 6) is -3.64. The van der Waals surface area contributed by atoms with Gasteiger partial charge in [0, 0.05) is 12.2 Å². The second-order valence-corrected chi connectivity index (χ2v) is 4.46. The molecule has 118 valence electrons. The molecule has 0 saturated heterocycles. The molecule has 0 aromatic heterocycles. The molecule has 0 amide bonds. The summed E-state index contributed by atoms with van der Waals surface area (Å²) < 4.78 is 4.69. The van der Waals surface area contributed by atoms with Crippen molar-refractivity contribution in [3.8, 4) is 0 Å². The molecule has 1 aromatic carbocycles. The maximum atomic E-state index is 11.7. The predicted octanol–water partition coefficient (Wildman–Crippen LogP) is 1.30. The molecule has 0 heterocycles. The van der Waals surface area contributed by atoms with E-state index in [1.807, 2.05) is 6.07 Å². The highest BCUT2D eigenvalue weighted by molar-refractivity contribution is 5.83. The molecule has 0 aliphatic heterocycles. The number of carboxylic acids is 2. The number of carbonyl (C=O) groups excluding carboxylic acids is 1. The molecule has 0 radical (unpaired) electrons. The molecule has 1 aromatic rings. The summed E-state index contributed by atoms with van der Waals surface area (Å²) in [7, 11) is 0. The van der Waals surface area contributed by atoms with Gasteiger partial charge in [-0.05, 0) is 17.7 Å². The lowest BCUT2D eigenvalue weighted by Gasteiger charge is -2.12. The second kappa shape index (κ2) is 8.46. The van der Waals surface area contributed by atoms with Gasteiger partial charge in [0.15, 0.2) is 0 Å². The molecule has 0 fully saturated rings. The van der Waals surface area contributed by atoms with Gasteiger partial charge in [-0.25, -0.2) is 4.79 Å². The van der Waals surface area contributed by atoms with Crippen molar-refractivity contribution in [3.63, 3.8) is 0 Å². The van der Waals surface area contributed by atoms with Gasteiger partial charge in [0.25, 0.3) is 0 Å². The molecule has 1 rings (SSSR count). The van der Waals surface area contributed by atoms with Crippen LogP contribution in [0.4, 0.5) is 5.69 Å². The summed E-state index contributed by atoms with van der Waals surface area (Å²) >= 11 is 0. The SMILES string of the molecule is C=CCNc1cccc(CC(=O)OC(CC(=O)O)C(=O)O)c1. The minimum atomic E-state index is -1.69. The van der Waals surface area contributed by atoms with Crippen LogP contribution in [0.2, 0.25) is 0 Å². The van der Waals surface area contributed by atoms with Crippen molar-refractivity contribution in [2.45, 2.75) is 18.9 Å². The highest BCUT2D eigenvalue weighted by atomic mass is 16.6. The summed E-state index contributed by atoms with van der Waals surface area (Å²) in [5, 5.41) is 20.5. The Kier molecular flexibility index (Phi) is 6.62. The Labute approximate surface area is 127 Å². The second-order valence-electron chi connectivity index (χ2n) is 4.46. The smallest absolute Gasteiger partial charge is 0.345 e. The van der Waals surface area contributed by atoms with Crippen LogP contribution in [0.3, 0.4) is 0 Å². The first-order chi connectivity index (χ1) is 10.4. The third kappa shape index (κ3) is 6.08. The maximum Gasteiger partial charge on any atom is 0.345 e. The topological polar surface area (TPSA) is 113 Å². The fourth-order valence-corrected chi connectivity index (χ4v) is 1.69. The number of carbonyl (C=O) groups is 3. The first-order valence-electron chi connectivity index (χ1n) is 6.50. The van der Waals surface area contributed by atoms with Crippen LogP contribution in [0.15, 0.2) is 36.9 Å². The van der Waals surface area contributed by atoms with Gasteiger partial charge < -0.3 is 20.3 Å². The van der Waals surface area contributed by atoms with Crippen molar-refractivity contribution in [1.82, 2.24) is 0 Å². The summed E-state index contributed by atoms with van der Waals surface area (Å²) in [5.41, 5.74) is 1.41. The lowest BCUT2D eigenvalue weighted by molar-refractivity contribution is -0.166. The monoisotopic (exact) mass is 307 g/mol. The molecule has 0 saturated carbocycles. The average molecular weight is 307 g/mol. The number of nitrogens with one attached hydrogen (secondary N) is 1. The Morgan fingerprint density at radius 3 is 2.64 bits per heavy atom. The van der Waals surface area contributed by atoms with E-state index in [4.69, 9.17) is 14.9 Å². The lowest BCUT2D eigenvalue weighted by Crippen LogP contribution is -2.30. The van der Waals surface area contributed by atoms with E-state index in [1.54, 1.807) is 24.3 Å². The van der Waals surface area contributed by atoms with Crippen molar-refractivity contribution in [3.05, 3.63) is 42.5 Å². The molecule has 0 aliphatic rings. The quantitative estimate of drug-likeness (QED) is 0.465. The number of ether oxygens (including phenoxy) is 1. The van der Waals surface area contributed by atoms with E-state index >= 15 is 0 Å². The number of esters is 1. The molecule has 0 spiro atoms. The molecule has 3 N–H and O–H groups in total. The number of anilines is 1. The summed E-state index contributed by atoms with van der Waals surface area (Å²) in [6, 6.07) is 6.95. The van der Waals surface area contributed by atoms with E-state index in [0.717, 1.165) is 5.69 Å². The Morgan fingerprint density at radius 2 is 2.05 bits per heavy atom. The Hall–Kier alpha value is -2.83. The minimum Gasteiger partial charge on any atom is -0.481 e. The van der Waals surface area contributed by atoms with Crippen LogP contribution in [0.25, 0.3) is 0 Å². The fourth-order valence-electron chi connectivity index (χ4n) is 1.69. The Bertz CT molecular complexity index is 569. The van der Waals surface area contributed by atoms with E-state index < -0.39 is 30.4 Å². The fraction of sp³-hybridized carbons (Fsp3) is 0.267. The Balaban J connectivity index is 2.65. The van der Waals surface area contributed by atoms with Crippen molar-refractivity contribution in [1.29, 1.82) is 0 Å². The number of benzene rings is 1. The summed E-state index contributed by atoms with van der Waals surface area (Å²) in [6.45, 7) is 4.14. The largest absolute Gasteiger partial charge is 0.481 e. The normalized spacial score (nSPS) is 11.3. The number of rotatable bonds is 9. The number of aliphatic carboxylic acids is 2. The van der Waals surface area contributed by atoms with E-state index in [1.165, 1.54) is 0 Å². The molecule has 1 atom stereocenters. The van der Waals surface area contributed by atoms with Gasteiger partial charge in [0.1, 0.15) is 0 Å². The third-order valence-electron chi connectivity index (χ3n) is 2.64. The number of carboxylic acid groups (broad SMARTS) is 2. The first-order valence-corrected chi connectivity index (χ1v) is 6.50. The molecule has 22 heavy (non-hydrogen) atoms. The van der Waals surface area contributed by atoms with Crippen molar-refractivity contribution in [2.24, 2.45) is 0 Å². The van der Waals surface area contributed by atoms with Crippen LogP contribution in [-0.4, -0.2) is 40.8 Å². The van der Waals surface area contributed by atoms with Gasteiger partial charge in [-0.15, -0.1) is 6.58 Å². The molecule has 1 unspecified atom stereocenters. The molecule has 0 aliphatic carbocycles. The standard InChI is InChI=1S/C15H17NO6/c1-2-6-16-11-5-3-4-10(7-11)8-14(19)22-12(15(20)21)9-13(17)18/h2-5,7,12,16H,1,6,8-9H2,(H,17,18)(H,20,21). The van der Waals surface area contributed by atoms with Crippen molar-refractivity contribution < 1.29 is 29.3 Å². The zero-order chi connectivity index (χ0) is 16.5. The Morgan fingerprint density at radius 1 is 1.32 bits per heavy atom. The van der Waals surface area contributed by atoms with Crippen LogP contribution in [0, 0.1) is 0 Å². The molecule has 7 heteroatoms. The average Bonchev–Trinajstić information content (AvgIpc) is 2.44. The van der Waals surface area contributed by atoms with Crippen LogP contribution in [-0.2, 0) is 25.5 Å². The molecule has 7 nitrogen and oxygen atoms in total. The zero-order valence-electron chi connectivity index (χ0n) is 11.8. The lowest BCUT2D eigenvalue weighted by atomic mass is 10.1. The summed E-state index contributed by atoms with van der Waals surface area (Å²) in [4.78, 5) is 33.1. The van der Waals surface area contributed by atoms with Crippen molar-refractivity contribution in [2.75, 3.05) is 11.9 Å². The van der Waals surface area contributed by atoms with Gasteiger partial charge in [-0.1, -0.05) is 18.2 Å². The van der Waals surface area contributed by atoms with E-state index in [0.29, 0.717) is 12.1 Å². The zero-order valence-corrected chi connectivity index (χ0v) is 11.8. The number of hydrogen-bond acceptors (Lipinski definition) is 5. The van der Waals surface area contributed by atoms with Gasteiger partial charge in [-0.3, -0.25) is 9.59 Å². The third-order valence-corrected chi connectivity index (χ3v) is 2.64. The van der Waals surface area contributed by atoms with Crippen LogP contribution in [0.1, 0.15) is 12.0 Å². The first kappa shape index (κ1) is 17.2. The van der Waals surface area contributed by atoms with Gasteiger partial charge >= 0.3 is 17.9 Å². The van der Waals surface area contributed by atoms with Crippen LogP contribution in [0.5, 0.6) is 0 Å². The molecule has 0 bridgehead atoms. The molecular weight excluding hydrogens is 290 g/mol. The van der Waals surface area contributed by atoms with E-state index in [2.05, 4.69) is 11.9 Å². The van der Waals surface area contributed by atoms with Gasteiger partial charge in [0.05, 0.1) is 12.8 Å². The van der Waals surface area contributed by atoms with E-state index in [9.17, 15) is 14.4 Å². The van der Waals surface area contributed by atoms with Gasteiger partial charge in [-0.2, -0.15) is 0 Å². The molecular formula is C15H17NO6. The van der Waals surface area contributed by atoms with Crippen LogP contribution < -0.4 is 5.32 Å². The minimum absolute atomic E-state index is 0.146. The maximum absolute atomic E-state index is 11.7. The number of hydrogen-bond donors (Lipinski definition) is 3. The highest BCUT2D eigenvalue weighted by Gasteiger charge is 2.25. The van der Waals surface area contributed by atoms with Gasteiger partial charge in [0.2, 0.25) is 6.10 Å².